The SMILES string of the molecule is Cc1ccccc1C(=O)NCc1ccc(-c2nn(C3CC4CC4C3)c(N)c2C(N)=O)cc1. The zero-order valence-electron chi connectivity index (χ0n) is 18.0. The first-order valence-electron chi connectivity index (χ1n) is 11.0. The molecule has 2 aliphatic carbocycles. The molecule has 3 aromatic rings. The number of nitrogens with zero attached hydrogens (tertiary/aromatic N) is 2. The van der Waals surface area contributed by atoms with Gasteiger partial charge >= 0.3 is 0 Å². The molecule has 0 aliphatic heterocycles. The number of hydrogen-bond donors (Lipinski definition) is 3. The lowest BCUT2D eigenvalue weighted by molar-refractivity contribution is 0.0949. The summed E-state index contributed by atoms with van der Waals surface area (Å²) in [6.45, 7) is 2.32. The zero-order chi connectivity index (χ0) is 22.4. The van der Waals surface area contributed by atoms with Crippen molar-refractivity contribution in [2.45, 2.75) is 38.8 Å². The third kappa shape index (κ3) is 3.64. The number of aromatic nitrogens is 2. The van der Waals surface area contributed by atoms with Crippen molar-refractivity contribution in [1.29, 1.82) is 0 Å². The molecule has 2 fully saturated rings. The molecular weight excluding hydrogens is 402 g/mol. The Bertz CT molecular complexity index is 1190. The van der Waals surface area contributed by atoms with Crippen LogP contribution in [0.25, 0.3) is 11.3 Å². The van der Waals surface area contributed by atoms with Crippen LogP contribution in [0.4, 0.5) is 5.82 Å². The van der Waals surface area contributed by atoms with Crippen LogP contribution in [0.1, 0.15) is 57.1 Å². The first kappa shape index (κ1) is 20.3. The normalized spacial score (nSPS) is 21.2. The summed E-state index contributed by atoms with van der Waals surface area (Å²) in [5, 5.41) is 7.66. The van der Waals surface area contributed by atoms with Crippen molar-refractivity contribution in [3.05, 3.63) is 70.8 Å². The molecule has 0 spiro atoms. The number of amides is 2. The van der Waals surface area contributed by atoms with Crippen molar-refractivity contribution in [2.24, 2.45) is 17.6 Å². The summed E-state index contributed by atoms with van der Waals surface area (Å²) in [6, 6.07) is 15.3. The van der Waals surface area contributed by atoms with Crippen LogP contribution in [0, 0.1) is 18.8 Å². The van der Waals surface area contributed by atoms with Gasteiger partial charge in [-0.2, -0.15) is 5.10 Å². The Balaban J connectivity index is 1.34. The Morgan fingerprint density at radius 1 is 1.06 bits per heavy atom. The van der Waals surface area contributed by atoms with Crippen LogP contribution in [0.15, 0.2) is 48.5 Å². The highest BCUT2D eigenvalue weighted by molar-refractivity contribution is 6.03. The molecule has 0 radical (unpaired) electrons. The van der Waals surface area contributed by atoms with E-state index in [0.29, 0.717) is 23.6 Å². The van der Waals surface area contributed by atoms with Gasteiger partial charge in [-0.15, -0.1) is 0 Å². The van der Waals surface area contributed by atoms with Gasteiger partial charge in [0.15, 0.2) is 0 Å². The maximum Gasteiger partial charge on any atom is 0.254 e. The number of hydrogen-bond acceptors (Lipinski definition) is 4. The number of anilines is 1. The molecule has 0 saturated heterocycles. The number of benzene rings is 2. The van der Waals surface area contributed by atoms with Gasteiger partial charge in [-0.3, -0.25) is 9.59 Å². The number of carbonyl (C=O) groups is 2. The van der Waals surface area contributed by atoms with Gasteiger partial charge in [-0.25, -0.2) is 4.68 Å². The molecule has 2 aliphatic rings. The van der Waals surface area contributed by atoms with E-state index in [1.54, 1.807) is 4.68 Å². The quantitative estimate of drug-likeness (QED) is 0.556. The van der Waals surface area contributed by atoms with Crippen LogP contribution in [0.3, 0.4) is 0 Å². The molecule has 1 aromatic heterocycles. The summed E-state index contributed by atoms with van der Waals surface area (Å²) in [4.78, 5) is 24.6. The lowest BCUT2D eigenvalue weighted by Crippen LogP contribution is -2.23. The Hall–Kier alpha value is -3.61. The molecule has 2 unspecified atom stereocenters. The standard InChI is InChI=1S/C25H27N5O2/c1-14-4-2-3-5-20(14)25(32)28-13-15-6-8-16(9-7-15)22-21(24(27)31)23(26)30(29-22)19-11-17-10-18(17)12-19/h2-9,17-19H,10-13,26H2,1H3,(H2,27,31)(H,28,32). The van der Waals surface area contributed by atoms with Crippen LogP contribution in [0.5, 0.6) is 0 Å². The van der Waals surface area contributed by atoms with Crippen molar-refractivity contribution in [3.8, 4) is 11.3 Å². The molecule has 2 atom stereocenters. The summed E-state index contributed by atoms with van der Waals surface area (Å²) < 4.78 is 1.80. The van der Waals surface area contributed by atoms with Crippen LogP contribution >= 0.6 is 0 Å². The van der Waals surface area contributed by atoms with E-state index in [9.17, 15) is 9.59 Å². The summed E-state index contributed by atoms with van der Waals surface area (Å²) in [6.07, 6.45) is 3.43. The lowest BCUT2D eigenvalue weighted by Gasteiger charge is -2.14. The van der Waals surface area contributed by atoms with E-state index in [-0.39, 0.29) is 17.5 Å². The van der Waals surface area contributed by atoms with Crippen molar-refractivity contribution in [2.75, 3.05) is 5.73 Å². The van der Waals surface area contributed by atoms with E-state index < -0.39 is 5.91 Å². The number of rotatable bonds is 6. The van der Waals surface area contributed by atoms with Gasteiger partial charge in [-0.1, -0.05) is 42.5 Å². The van der Waals surface area contributed by atoms with Crippen LogP contribution in [0.2, 0.25) is 0 Å². The molecule has 5 rings (SSSR count). The third-order valence-corrected chi connectivity index (χ3v) is 6.83. The molecule has 7 nitrogen and oxygen atoms in total. The first-order chi connectivity index (χ1) is 15.4. The van der Waals surface area contributed by atoms with E-state index >= 15 is 0 Å². The number of carbonyl (C=O) groups excluding carboxylic acids is 2. The van der Waals surface area contributed by atoms with Gasteiger partial charge in [0.2, 0.25) is 0 Å². The molecule has 7 heteroatoms. The number of aryl methyl sites for hydroxylation is 1. The fourth-order valence-electron chi connectivity index (χ4n) is 4.94. The van der Waals surface area contributed by atoms with E-state index in [1.165, 1.54) is 6.42 Å². The maximum absolute atomic E-state index is 12.4. The Morgan fingerprint density at radius 2 is 1.75 bits per heavy atom. The van der Waals surface area contributed by atoms with Gasteiger partial charge in [0.05, 0.1) is 6.04 Å². The van der Waals surface area contributed by atoms with Gasteiger partial charge in [-0.05, 0) is 55.2 Å². The molecule has 2 saturated carbocycles. The van der Waals surface area contributed by atoms with E-state index in [2.05, 4.69) is 5.32 Å². The summed E-state index contributed by atoms with van der Waals surface area (Å²) in [5.74, 6) is 1.23. The number of primary amides is 1. The first-order valence-corrected chi connectivity index (χ1v) is 11.0. The molecule has 32 heavy (non-hydrogen) atoms. The largest absolute Gasteiger partial charge is 0.383 e. The van der Waals surface area contributed by atoms with Gasteiger partial charge in [0.1, 0.15) is 17.1 Å². The van der Waals surface area contributed by atoms with Crippen molar-refractivity contribution >= 4 is 17.6 Å². The molecule has 5 N–H and O–H groups in total. The lowest BCUT2D eigenvalue weighted by atomic mass is 10.0. The highest BCUT2D eigenvalue weighted by atomic mass is 16.2. The average molecular weight is 430 g/mol. The van der Waals surface area contributed by atoms with Crippen molar-refractivity contribution in [1.82, 2.24) is 15.1 Å². The predicted molar refractivity (Wildman–Crippen MR) is 123 cm³/mol. The van der Waals surface area contributed by atoms with Gasteiger partial charge in [0, 0.05) is 17.7 Å². The Morgan fingerprint density at radius 3 is 2.41 bits per heavy atom. The molecule has 0 bridgehead atoms. The monoisotopic (exact) mass is 429 g/mol. The van der Waals surface area contributed by atoms with E-state index in [1.807, 2.05) is 55.5 Å². The zero-order valence-corrected chi connectivity index (χ0v) is 18.0. The number of fused-ring (bicyclic) bond motifs is 1. The van der Waals surface area contributed by atoms with Crippen molar-refractivity contribution < 1.29 is 9.59 Å². The molecule has 2 amide bonds. The Labute approximate surface area is 186 Å². The van der Waals surface area contributed by atoms with Crippen molar-refractivity contribution in [3.63, 3.8) is 0 Å². The third-order valence-electron chi connectivity index (χ3n) is 6.83. The minimum atomic E-state index is -0.568. The van der Waals surface area contributed by atoms with Gasteiger partial charge < -0.3 is 16.8 Å². The average Bonchev–Trinajstić information content (AvgIpc) is 3.23. The summed E-state index contributed by atoms with van der Waals surface area (Å²) in [7, 11) is 0. The highest BCUT2D eigenvalue weighted by Gasteiger charge is 2.47. The maximum atomic E-state index is 12.4. The second-order valence-corrected chi connectivity index (χ2v) is 8.99. The second-order valence-electron chi connectivity index (χ2n) is 8.99. The molecule has 1 heterocycles. The fraction of sp³-hybridized carbons (Fsp3) is 0.320. The summed E-state index contributed by atoms with van der Waals surface area (Å²) >= 11 is 0. The minimum Gasteiger partial charge on any atom is -0.383 e. The fourth-order valence-corrected chi connectivity index (χ4v) is 4.94. The number of nitrogens with one attached hydrogen (secondary N) is 1. The minimum absolute atomic E-state index is 0.107. The number of nitrogens with two attached hydrogens (primary N) is 2. The molecular formula is C25H27N5O2. The second kappa shape index (κ2) is 7.82. The number of nitrogen functional groups attached to an aromatic ring is 1. The van der Waals surface area contributed by atoms with Crippen LogP contribution < -0.4 is 16.8 Å². The molecule has 164 valence electrons. The topological polar surface area (TPSA) is 116 Å². The van der Waals surface area contributed by atoms with Crippen LogP contribution in [-0.2, 0) is 6.54 Å². The summed E-state index contributed by atoms with van der Waals surface area (Å²) in [5.41, 5.74) is 16.1. The van der Waals surface area contributed by atoms with Crippen LogP contribution in [-0.4, -0.2) is 21.6 Å². The Kier molecular flexibility index (Phi) is 4.96. The molecule has 2 aromatic carbocycles. The van der Waals surface area contributed by atoms with E-state index in [4.69, 9.17) is 16.6 Å². The highest BCUT2D eigenvalue weighted by Crippen LogP contribution is 2.56. The predicted octanol–water partition coefficient (Wildman–Crippen LogP) is 3.44. The van der Waals surface area contributed by atoms with E-state index in [0.717, 1.165) is 41.4 Å². The van der Waals surface area contributed by atoms with Gasteiger partial charge in [0.25, 0.3) is 11.8 Å². The smallest absolute Gasteiger partial charge is 0.254 e.